The Morgan fingerprint density at radius 3 is 2.43 bits per heavy atom. The number of benzene rings is 2. The lowest BCUT2D eigenvalue weighted by Gasteiger charge is -2.12. The van der Waals surface area contributed by atoms with Crippen LogP contribution in [0.15, 0.2) is 34.8 Å². The first-order valence-corrected chi connectivity index (χ1v) is 7.09. The maximum atomic E-state index is 12.7. The number of ether oxygens (including phenoxy) is 2. The number of rotatable bonds is 4. The van der Waals surface area contributed by atoms with E-state index in [9.17, 15) is 4.79 Å². The third kappa shape index (κ3) is 3.03. The van der Waals surface area contributed by atoms with Crippen LogP contribution in [0.1, 0.15) is 21.5 Å². The van der Waals surface area contributed by atoms with Crippen LogP contribution in [0.25, 0.3) is 0 Å². The summed E-state index contributed by atoms with van der Waals surface area (Å²) in [5.41, 5.74) is 8.15. The second-order valence-corrected chi connectivity index (χ2v) is 5.44. The van der Waals surface area contributed by atoms with Crippen molar-refractivity contribution < 1.29 is 14.3 Å². The van der Waals surface area contributed by atoms with Gasteiger partial charge in [0.05, 0.1) is 19.8 Å². The molecule has 2 aromatic rings. The van der Waals surface area contributed by atoms with E-state index in [4.69, 9.17) is 15.2 Å². The van der Waals surface area contributed by atoms with Gasteiger partial charge in [0.15, 0.2) is 5.78 Å². The minimum absolute atomic E-state index is 0.205. The van der Waals surface area contributed by atoms with Gasteiger partial charge in [-0.1, -0.05) is 15.9 Å². The fourth-order valence-corrected chi connectivity index (χ4v) is 2.35. The van der Waals surface area contributed by atoms with Gasteiger partial charge in [-0.2, -0.15) is 0 Å². The molecule has 0 unspecified atom stereocenters. The summed E-state index contributed by atoms with van der Waals surface area (Å²) in [4.78, 5) is 12.7. The number of nitrogen functional groups attached to an aromatic ring is 1. The van der Waals surface area contributed by atoms with Crippen LogP contribution in [0.2, 0.25) is 0 Å². The van der Waals surface area contributed by atoms with Crippen molar-refractivity contribution in [1.82, 2.24) is 0 Å². The van der Waals surface area contributed by atoms with Gasteiger partial charge < -0.3 is 15.2 Å². The molecule has 0 aromatic heterocycles. The summed E-state index contributed by atoms with van der Waals surface area (Å²) in [6, 6.07) is 8.56. The zero-order chi connectivity index (χ0) is 15.6. The van der Waals surface area contributed by atoms with Gasteiger partial charge in [0, 0.05) is 15.7 Å². The number of aryl methyl sites for hydroxylation is 1. The van der Waals surface area contributed by atoms with E-state index in [1.54, 1.807) is 31.4 Å². The zero-order valence-electron chi connectivity index (χ0n) is 12.1. The number of ketones is 1. The molecule has 0 aliphatic heterocycles. The Morgan fingerprint density at radius 2 is 1.81 bits per heavy atom. The molecular formula is C16H16BrNO3. The van der Waals surface area contributed by atoms with E-state index in [2.05, 4.69) is 15.9 Å². The van der Waals surface area contributed by atoms with Crippen LogP contribution in [-0.4, -0.2) is 20.0 Å². The second-order valence-electron chi connectivity index (χ2n) is 4.58. The lowest BCUT2D eigenvalue weighted by atomic mass is 9.99. The maximum absolute atomic E-state index is 12.7. The Balaban J connectivity index is 2.57. The third-order valence-electron chi connectivity index (χ3n) is 3.23. The van der Waals surface area contributed by atoms with Gasteiger partial charge in [-0.15, -0.1) is 0 Å². The SMILES string of the molecule is COc1ccc(N)c(C(=O)c2cc(Br)c(C)cc2OC)c1. The first-order valence-electron chi connectivity index (χ1n) is 6.30. The minimum Gasteiger partial charge on any atom is -0.497 e. The number of carbonyl (C=O) groups excluding carboxylic acids is 1. The van der Waals surface area contributed by atoms with Crippen LogP contribution in [0.3, 0.4) is 0 Å². The fraction of sp³-hybridized carbons (Fsp3) is 0.188. The van der Waals surface area contributed by atoms with Crippen LogP contribution in [0.4, 0.5) is 5.69 Å². The number of nitrogens with two attached hydrogens (primary N) is 1. The molecule has 2 rings (SSSR count). The number of carbonyl (C=O) groups is 1. The molecule has 21 heavy (non-hydrogen) atoms. The molecule has 0 heterocycles. The Hall–Kier alpha value is -2.01. The predicted octanol–water partition coefficient (Wildman–Crippen LogP) is 3.59. The molecule has 0 fully saturated rings. The van der Waals surface area contributed by atoms with Crippen molar-refractivity contribution in [2.45, 2.75) is 6.92 Å². The molecule has 0 spiro atoms. The van der Waals surface area contributed by atoms with Gasteiger partial charge in [0.2, 0.25) is 0 Å². The maximum Gasteiger partial charge on any atom is 0.198 e. The van der Waals surface area contributed by atoms with Crippen LogP contribution in [0, 0.1) is 6.92 Å². The standard InChI is InChI=1S/C16H16BrNO3/c1-9-6-15(21-3)12(8-13(9)17)16(19)11-7-10(20-2)4-5-14(11)18/h4-8H,18H2,1-3H3. The van der Waals surface area contributed by atoms with Crippen molar-refractivity contribution in [3.8, 4) is 11.5 Å². The highest BCUT2D eigenvalue weighted by molar-refractivity contribution is 9.10. The van der Waals surface area contributed by atoms with Crippen molar-refractivity contribution in [2.75, 3.05) is 20.0 Å². The molecule has 0 atom stereocenters. The average molecular weight is 350 g/mol. The summed E-state index contributed by atoms with van der Waals surface area (Å²) < 4.78 is 11.3. The summed E-state index contributed by atoms with van der Waals surface area (Å²) in [6.07, 6.45) is 0. The summed E-state index contributed by atoms with van der Waals surface area (Å²) >= 11 is 3.43. The first-order chi connectivity index (χ1) is 9.97. The van der Waals surface area contributed by atoms with E-state index in [0.717, 1.165) is 10.0 Å². The van der Waals surface area contributed by atoms with Gasteiger partial charge in [-0.3, -0.25) is 4.79 Å². The van der Waals surface area contributed by atoms with E-state index in [-0.39, 0.29) is 5.78 Å². The van der Waals surface area contributed by atoms with E-state index in [1.165, 1.54) is 7.11 Å². The monoisotopic (exact) mass is 349 g/mol. The largest absolute Gasteiger partial charge is 0.497 e. The van der Waals surface area contributed by atoms with Gasteiger partial charge in [-0.05, 0) is 42.8 Å². The molecule has 0 saturated heterocycles. The summed E-state index contributed by atoms with van der Waals surface area (Å²) in [7, 11) is 3.08. The smallest absolute Gasteiger partial charge is 0.198 e. The van der Waals surface area contributed by atoms with Gasteiger partial charge >= 0.3 is 0 Å². The first kappa shape index (κ1) is 15.4. The van der Waals surface area contributed by atoms with Gasteiger partial charge in [0.1, 0.15) is 11.5 Å². The average Bonchev–Trinajstić information content (AvgIpc) is 2.49. The summed E-state index contributed by atoms with van der Waals surface area (Å²) in [6.45, 7) is 1.93. The van der Waals surface area contributed by atoms with Crippen molar-refractivity contribution in [3.05, 3.63) is 51.5 Å². The lowest BCUT2D eigenvalue weighted by molar-refractivity contribution is 0.103. The minimum atomic E-state index is -0.205. The van der Waals surface area contributed by atoms with Gasteiger partial charge in [0.25, 0.3) is 0 Å². The molecule has 5 heteroatoms. The summed E-state index contributed by atoms with van der Waals surface area (Å²) in [5.74, 6) is 0.893. The Labute approximate surface area is 132 Å². The van der Waals surface area contributed by atoms with Crippen LogP contribution in [0.5, 0.6) is 11.5 Å². The number of halogens is 1. The van der Waals surface area contributed by atoms with Crippen molar-refractivity contribution in [2.24, 2.45) is 0 Å². The molecule has 4 nitrogen and oxygen atoms in total. The predicted molar refractivity (Wildman–Crippen MR) is 86.3 cm³/mol. The Kier molecular flexibility index (Phi) is 4.53. The highest BCUT2D eigenvalue weighted by Crippen LogP contribution is 2.31. The molecule has 0 radical (unpaired) electrons. The second kappa shape index (κ2) is 6.18. The molecule has 0 aliphatic carbocycles. The van der Waals surface area contributed by atoms with Crippen molar-refractivity contribution in [3.63, 3.8) is 0 Å². The van der Waals surface area contributed by atoms with Crippen LogP contribution in [-0.2, 0) is 0 Å². The van der Waals surface area contributed by atoms with E-state index >= 15 is 0 Å². The Morgan fingerprint density at radius 1 is 1.10 bits per heavy atom. The topological polar surface area (TPSA) is 61.5 Å². The number of hydrogen-bond acceptors (Lipinski definition) is 4. The zero-order valence-corrected chi connectivity index (χ0v) is 13.7. The molecule has 0 saturated carbocycles. The van der Waals surface area contributed by atoms with E-state index in [0.29, 0.717) is 28.3 Å². The highest BCUT2D eigenvalue weighted by Gasteiger charge is 2.19. The van der Waals surface area contributed by atoms with Crippen LogP contribution < -0.4 is 15.2 Å². The van der Waals surface area contributed by atoms with Gasteiger partial charge in [-0.25, -0.2) is 0 Å². The lowest BCUT2D eigenvalue weighted by Crippen LogP contribution is -2.08. The number of anilines is 1. The van der Waals surface area contributed by atoms with E-state index in [1.807, 2.05) is 13.0 Å². The normalized spacial score (nSPS) is 10.3. The quantitative estimate of drug-likeness (QED) is 0.676. The molecule has 0 aliphatic rings. The molecule has 110 valence electrons. The Bertz CT molecular complexity index is 698. The molecular weight excluding hydrogens is 334 g/mol. The number of hydrogen-bond donors (Lipinski definition) is 1. The van der Waals surface area contributed by atoms with E-state index < -0.39 is 0 Å². The van der Waals surface area contributed by atoms with Crippen molar-refractivity contribution in [1.29, 1.82) is 0 Å². The van der Waals surface area contributed by atoms with Crippen molar-refractivity contribution >= 4 is 27.4 Å². The molecule has 0 bridgehead atoms. The highest BCUT2D eigenvalue weighted by atomic mass is 79.9. The molecule has 2 aromatic carbocycles. The fourth-order valence-electron chi connectivity index (χ4n) is 2.01. The molecule has 0 amide bonds. The summed E-state index contributed by atoms with van der Waals surface area (Å²) in [5, 5.41) is 0. The molecule has 2 N–H and O–H groups in total. The van der Waals surface area contributed by atoms with Crippen LogP contribution >= 0.6 is 15.9 Å². The number of methoxy groups -OCH3 is 2. The third-order valence-corrected chi connectivity index (χ3v) is 4.08.